The summed E-state index contributed by atoms with van der Waals surface area (Å²) < 4.78 is 7.11. The zero-order chi connectivity index (χ0) is 18.3. The van der Waals surface area contributed by atoms with Crippen LogP contribution >= 0.6 is 0 Å². The molecule has 1 aliphatic rings. The van der Waals surface area contributed by atoms with Crippen LogP contribution in [0.25, 0.3) is 11.3 Å². The van der Waals surface area contributed by atoms with E-state index < -0.39 is 0 Å². The minimum atomic E-state index is -0.359. The first-order valence-electron chi connectivity index (χ1n) is 8.80. The van der Waals surface area contributed by atoms with Crippen molar-refractivity contribution in [3.05, 3.63) is 54.1 Å². The van der Waals surface area contributed by atoms with Gasteiger partial charge in [0.2, 0.25) is 0 Å². The number of benzene rings is 1. The van der Waals surface area contributed by atoms with Gasteiger partial charge in [0.05, 0.1) is 12.0 Å². The molecule has 0 unspecified atom stereocenters. The molecule has 0 saturated heterocycles. The lowest BCUT2D eigenvalue weighted by Crippen LogP contribution is -2.10. The molecule has 2 N–H and O–H groups in total. The molecule has 0 bridgehead atoms. The Morgan fingerprint density at radius 2 is 2.12 bits per heavy atom. The number of carbonyl (C=O) groups is 1. The van der Waals surface area contributed by atoms with Crippen LogP contribution in [0.4, 0.5) is 5.69 Å². The van der Waals surface area contributed by atoms with E-state index in [4.69, 9.17) is 4.42 Å². The highest BCUT2D eigenvalue weighted by molar-refractivity contribution is 6.02. The summed E-state index contributed by atoms with van der Waals surface area (Å²) in [5, 5.41) is 17.9. The average Bonchev–Trinajstić information content (AvgIpc) is 3.12. The van der Waals surface area contributed by atoms with Gasteiger partial charge in [0.15, 0.2) is 5.76 Å². The third kappa shape index (κ3) is 3.10. The Morgan fingerprint density at radius 3 is 2.73 bits per heavy atom. The van der Waals surface area contributed by atoms with Crippen molar-refractivity contribution in [1.82, 2.24) is 9.78 Å². The Kier molecular flexibility index (Phi) is 4.03. The van der Waals surface area contributed by atoms with Gasteiger partial charge in [0.25, 0.3) is 5.91 Å². The quantitative estimate of drug-likeness (QED) is 0.706. The highest BCUT2D eigenvalue weighted by Crippen LogP contribution is 2.43. The maximum absolute atomic E-state index is 12.0. The number of anilines is 1. The smallest absolute Gasteiger partial charge is 0.291 e. The molecule has 1 aliphatic carbocycles. The summed E-state index contributed by atoms with van der Waals surface area (Å²) in [6, 6.07) is 10.6. The largest absolute Gasteiger partial charge is 0.507 e. The summed E-state index contributed by atoms with van der Waals surface area (Å²) >= 11 is 0. The lowest BCUT2D eigenvalue weighted by Gasteiger charge is -2.10. The summed E-state index contributed by atoms with van der Waals surface area (Å²) in [5.74, 6) is 0.520. The van der Waals surface area contributed by atoms with Gasteiger partial charge >= 0.3 is 0 Å². The molecular formula is C20H21N3O3. The summed E-state index contributed by atoms with van der Waals surface area (Å²) in [5.41, 5.74) is 3.13. The predicted molar refractivity (Wildman–Crippen MR) is 98.3 cm³/mol. The van der Waals surface area contributed by atoms with Crippen molar-refractivity contribution < 1.29 is 14.3 Å². The number of nitrogens with zero attached hydrogens (tertiary/aromatic N) is 2. The number of aromatic nitrogens is 2. The number of amides is 1. The number of rotatable bonds is 5. The van der Waals surface area contributed by atoms with Gasteiger partial charge < -0.3 is 14.8 Å². The topological polar surface area (TPSA) is 80.3 Å². The standard InChI is InChI=1S/C20H21N3O3/c1-12(2)23-17(13-5-6-13)11-16(22-23)15-8-7-14(10-18(15)24)21-20(25)19-4-3-9-26-19/h3-4,7-13,24H,5-6H2,1-2H3,(H,21,25). The Morgan fingerprint density at radius 1 is 1.31 bits per heavy atom. The van der Waals surface area contributed by atoms with E-state index in [1.54, 1.807) is 24.3 Å². The number of phenolic OH excluding ortho intramolecular Hbond substituents is 1. The maximum Gasteiger partial charge on any atom is 0.291 e. The van der Waals surface area contributed by atoms with Crippen molar-refractivity contribution in [2.45, 2.75) is 38.6 Å². The molecule has 2 heterocycles. The second-order valence-corrected chi connectivity index (χ2v) is 6.93. The van der Waals surface area contributed by atoms with Gasteiger partial charge in [-0.25, -0.2) is 0 Å². The number of hydrogen-bond acceptors (Lipinski definition) is 4. The van der Waals surface area contributed by atoms with Gasteiger partial charge in [0, 0.05) is 35.0 Å². The molecule has 0 radical (unpaired) electrons. The zero-order valence-corrected chi connectivity index (χ0v) is 14.8. The Labute approximate surface area is 151 Å². The minimum Gasteiger partial charge on any atom is -0.507 e. The first kappa shape index (κ1) is 16.4. The van der Waals surface area contributed by atoms with Crippen molar-refractivity contribution in [2.24, 2.45) is 0 Å². The lowest BCUT2D eigenvalue weighted by molar-refractivity contribution is 0.0996. The number of hydrogen-bond donors (Lipinski definition) is 2. The molecule has 26 heavy (non-hydrogen) atoms. The highest BCUT2D eigenvalue weighted by atomic mass is 16.3. The Hall–Kier alpha value is -3.02. The van der Waals surface area contributed by atoms with Crippen molar-refractivity contribution in [3.63, 3.8) is 0 Å². The fourth-order valence-corrected chi connectivity index (χ4v) is 3.06. The SMILES string of the molecule is CC(C)n1nc(-c2ccc(NC(=O)c3ccco3)cc2O)cc1C1CC1. The van der Waals surface area contributed by atoms with Gasteiger partial charge in [-0.05, 0) is 57.0 Å². The molecule has 1 fully saturated rings. The van der Waals surface area contributed by atoms with Crippen molar-refractivity contribution in [3.8, 4) is 17.0 Å². The number of aromatic hydroxyl groups is 1. The van der Waals surface area contributed by atoms with E-state index in [0.717, 1.165) is 5.69 Å². The second kappa shape index (κ2) is 6.37. The molecule has 0 spiro atoms. The first-order valence-corrected chi connectivity index (χ1v) is 8.80. The van der Waals surface area contributed by atoms with E-state index in [2.05, 4.69) is 30.3 Å². The summed E-state index contributed by atoms with van der Waals surface area (Å²) in [6.45, 7) is 4.21. The van der Waals surface area contributed by atoms with Crippen molar-refractivity contribution >= 4 is 11.6 Å². The fourth-order valence-electron chi connectivity index (χ4n) is 3.06. The normalized spacial score (nSPS) is 14.0. The van der Waals surface area contributed by atoms with Crippen molar-refractivity contribution in [1.29, 1.82) is 0 Å². The van der Waals surface area contributed by atoms with Gasteiger partial charge in [-0.3, -0.25) is 9.48 Å². The first-order chi connectivity index (χ1) is 12.5. The summed E-state index contributed by atoms with van der Waals surface area (Å²) in [4.78, 5) is 12.0. The van der Waals surface area contributed by atoms with Crippen LogP contribution in [0.2, 0.25) is 0 Å². The molecule has 0 aliphatic heterocycles. The minimum absolute atomic E-state index is 0.0815. The van der Waals surface area contributed by atoms with E-state index in [1.165, 1.54) is 30.9 Å². The molecule has 1 amide bonds. The molecule has 4 rings (SSSR count). The third-order valence-corrected chi connectivity index (χ3v) is 4.53. The van der Waals surface area contributed by atoms with Crippen LogP contribution in [-0.2, 0) is 0 Å². The fraction of sp³-hybridized carbons (Fsp3) is 0.300. The lowest BCUT2D eigenvalue weighted by atomic mass is 10.1. The number of carbonyl (C=O) groups excluding carboxylic acids is 1. The van der Waals surface area contributed by atoms with Crippen LogP contribution in [0.3, 0.4) is 0 Å². The molecular weight excluding hydrogens is 330 g/mol. The zero-order valence-electron chi connectivity index (χ0n) is 14.8. The van der Waals surface area contributed by atoms with Gasteiger partial charge in [-0.2, -0.15) is 5.10 Å². The Bertz CT molecular complexity index is 918. The molecule has 6 heteroatoms. The van der Waals surface area contributed by atoms with Gasteiger partial charge in [-0.1, -0.05) is 0 Å². The molecule has 1 aromatic carbocycles. The van der Waals surface area contributed by atoms with E-state index in [9.17, 15) is 9.90 Å². The van der Waals surface area contributed by atoms with Crippen LogP contribution in [0.5, 0.6) is 5.75 Å². The van der Waals surface area contributed by atoms with E-state index >= 15 is 0 Å². The van der Waals surface area contributed by atoms with Crippen LogP contribution in [0, 0.1) is 0 Å². The number of nitrogens with one attached hydrogen (secondary N) is 1. The molecule has 1 saturated carbocycles. The van der Waals surface area contributed by atoms with E-state index in [0.29, 0.717) is 17.2 Å². The molecule has 134 valence electrons. The van der Waals surface area contributed by atoms with Crippen LogP contribution in [0.1, 0.15) is 54.9 Å². The maximum atomic E-state index is 12.0. The van der Waals surface area contributed by atoms with Gasteiger partial charge in [-0.15, -0.1) is 0 Å². The average molecular weight is 351 g/mol. The van der Waals surface area contributed by atoms with Crippen LogP contribution < -0.4 is 5.32 Å². The molecule has 2 aromatic heterocycles. The van der Waals surface area contributed by atoms with Crippen molar-refractivity contribution in [2.75, 3.05) is 5.32 Å². The Balaban J connectivity index is 1.60. The van der Waals surface area contributed by atoms with Crippen LogP contribution in [-0.4, -0.2) is 20.8 Å². The number of phenols is 1. The predicted octanol–water partition coefficient (Wildman–Crippen LogP) is 4.56. The summed E-state index contributed by atoms with van der Waals surface area (Å²) in [7, 11) is 0. The molecule has 6 nitrogen and oxygen atoms in total. The van der Waals surface area contributed by atoms with E-state index in [-0.39, 0.29) is 23.5 Å². The molecule has 0 atom stereocenters. The van der Waals surface area contributed by atoms with Crippen LogP contribution in [0.15, 0.2) is 47.1 Å². The third-order valence-electron chi connectivity index (χ3n) is 4.53. The second-order valence-electron chi connectivity index (χ2n) is 6.93. The molecule has 3 aromatic rings. The van der Waals surface area contributed by atoms with Gasteiger partial charge in [0.1, 0.15) is 5.75 Å². The number of furan rings is 1. The highest BCUT2D eigenvalue weighted by Gasteiger charge is 2.29. The monoisotopic (exact) mass is 351 g/mol. The van der Waals surface area contributed by atoms with E-state index in [1.807, 2.05) is 4.68 Å². The summed E-state index contributed by atoms with van der Waals surface area (Å²) in [6.07, 6.45) is 3.83.